The number of hydrogen-bond acceptors (Lipinski definition) is 2. The third kappa shape index (κ3) is 8.49. The molecule has 0 saturated carbocycles. The zero-order valence-corrected chi connectivity index (χ0v) is 33.5. The highest BCUT2D eigenvalue weighted by Crippen LogP contribution is 2.39. The average Bonchev–Trinajstić information content (AvgIpc) is 3.48. The lowest BCUT2D eigenvalue weighted by Gasteiger charge is -2.26. The molecule has 59 heavy (non-hydrogen) atoms. The van der Waals surface area contributed by atoms with Crippen LogP contribution >= 0.6 is 0 Å². The number of hydrogen-bond donors (Lipinski definition) is 1. The first kappa shape index (κ1) is 37.2. The summed E-state index contributed by atoms with van der Waals surface area (Å²) >= 11 is 0. The summed E-state index contributed by atoms with van der Waals surface area (Å²) in [4.78, 5) is 2.35. The first-order valence-electron chi connectivity index (χ1n) is 20.4. The van der Waals surface area contributed by atoms with Gasteiger partial charge in [0.05, 0.1) is 0 Å². The van der Waals surface area contributed by atoms with Gasteiger partial charge in [0.2, 0.25) is 0 Å². The number of nitrogens with one attached hydrogen (secondary N) is 1. The van der Waals surface area contributed by atoms with Gasteiger partial charge in [0.1, 0.15) is 0 Å². The van der Waals surface area contributed by atoms with E-state index in [1.54, 1.807) is 0 Å². The van der Waals surface area contributed by atoms with Crippen LogP contribution in [0.15, 0.2) is 236 Å². The Kier molecular flexibility index (Phi) is 10.7. The summed E-state index contributed by atoms with van der Waals surface area (Å²) in [7, 11) is 0. The molecule has 1 aliphatic rings. The largest absolute Gasteiger partial charge is 0.355 e. The van der Waals surface area contributed by atoms with Crippen molar-refractivity contribution >= 4 is 28.3 Å². The molecule has 0 aliphatic heterocycles. The highest BCUT2D eigenvalue weighted by molar-refractivity contribution is 5.83. The minimum absolute atomic E-state index is 0.880. The Labute approximate surface area is 348 Å². The molecular formula is C57H46N2. The van der Waals surface area contributed by atoms with Crippen LogP contribution in [0, 0.1) is 6.92 Å². The Morgan fingerprint density at radius 2 is 0.847 bits per heavy atom. The lowest BCUT2D eigenvalue weighted by Crippen LogP contribution is -2.10. The SMILES string of the molecule is CC1=CCC(c2cccc(C)c2)=C(Nc2ccc(-c3cccc(N(c4ccc(-c5ccccc5)cc4)c4ccc(-c5cccc(-c6ccccc6)c5)cc4)c3)cc2)C=C1. The monoisotopic (exact) mass is 758 g/mol. The minimum Gasteiger partial charge on any atom is -0.355 e. The van der Waals surface area contributed by atoms with Crippen molar-refractivity contribution in [2.75, 3.05) is 10.2 Å². The van der Waals surface area contributed by atoms with Crippen molar-refractivity contribution in [2.45, 2.75) is 20.3 Å². The van der Waals surface area contributed by atoms with Crippen molar-refractivity contribution in [3.8, 4) is 44.5 Å². The Bertz CT molecular complexity index is 2790. The Morgan fingerprint density at radius 1 is 0.373 bits per heavy atom. The van der Waals surface area contributed by atoms with Crippen LogP contribution in [0.3, 0.4) is 0 Å². The quantitative estimate of drug-likeness (QED) is 0.149. The van der Waals surface area contributed by atoms with E-state index in [0.717, 1.165) is 46.0 Å². The van der Waals surface area contributed by atoms with Crippen LogP contribution in [0.25, 0.3) is 50.1 Å². The third-order valence-corrected chi connectivity index (χ3v) is 11.1. The van der Waals surface area contributed by atoms with E-state index in [-0.39, 0.29) is 0 Å². The van der Waals surface area contributed by atoms with Gasteiger partial charge >= 0.3 is 0 Å². The molecule has 8 aromatic carbocycles. The number of nitrogens with zero attached hydrogens (tertiary/aromatic N) is 1. The number of aryl methyl sites for hydroxylation is 1. The lowest BCUT2D eigenvalue weighted by atomic mass is 9.98. The molecule has 1 N–H and O–H groups in total. The Balaban J connectivity index is 1.03. The molecule has 0 unspecified atom stereocenters. The number of anilines is 4. The van der Waals surface area contributed by atoms with Crippen LogP contribution in [0.1, 0.15) is 24.5 Å². The van der Waals surface area contributed by atoms with E-state index < -0.39 is 0 Å². The maximum atomic E-state index is 3.76. The van der Waals surface area contributed by atoms with E-state index >= 15 is 0 Å². The molecule has 0 saturated heterocycles. The second-order valence-corrected chi connectivity index (χ2v) is 15.2. The molecule has 9 rings (SSSR count). The molecule has 284 valence electrons. The summed E-state index contributed by atoms with van der Waals surface area (Å²) in [6, 6.07) is 74.2. The maximum Gasteiger partial charge on any atom is 0.0467 e. The van der Waals surface area contributed by atoms with Gasteiger partial charge in [-0.25, -0.2) is 0 Å². The first-order valence-corrected chi connectivity index (χ1v) is 20.4. The van der Waals surface area contributed by atoms with E-state index in [1.165, 1.54) is 55.7 Å². The summed E-state index contributed by atoms with van der Waals surface area (Å²) in [5.41, 5.74) is 20.1. The van der Waals surface area contributed by atoms with E-state index in [0.29, 0.717) is 0 Å². The topological polar surface area (TPSA) is 15.3 Å². The lowest BCUT2D eigenvalue weighted by molar-refractivity contribution is 1.28. The van der Waals surface area contributed by atoms with Crippen molar-refractivity contribution < 1.29 is 0 Å². The van der Waals surface area contributed by atoms with Gasteiger partial charge in [-0.05, 0) is 137 Å². The summed E-state index contributed by atoms with van der Waals surface area (Å²) in [5, 5.41) is 3.76. The summed E-state index contributed by atoms with van der Waals surface area (Å²) in [6.45, 7) is 4.32. The van der Waals surface area contributed by atoms with E-state index in [4.69, 9.17) is 0 Å². The maximum absolute atomic E-state index is 3.76. The van der Waals surface area contributed by atoms with Crippen LogP contribution in [0.5, 0.6) is 0 Å². The highest BCUT2D eigenvalue weighted by Gasteiger charge is 2.16. The third-order valence-electron chi connectivity index (χ3n) is 11.1. The molecule has 0 spiro atoms. The summed E-state index contributed by atoms with van der Waals surface area (Å²) < 4.78 is 0. The second kappa shape index (κ2) is 17.0. The summed E-state index contributed by atoms with van der Waals surface area (Å²) in [6.07, 6.45) is 7.59. The average molecular weight is 759 g/mol. The van der Waals surface area contributed by atoms with Gasteiger partial charge in [-0.3, -0.25) is 0 Å². The van der Waals surface area contributed by atoms with Crippen LogP contribution in [-0.2, 0) is 0 Å². The molecule has 2 heteroatoms. The molecule has 8 aromatic rings. The molecule has 0 aromatic heterocycles. The van der Waals surface area contributed by atoms with Gasteiger partial charge in [0.15, 0.2) is 0 Å². The molecule has 0 atom stereocenters. The predicted octanol–water partition coefficient (Wildman–Crippen LogP) is 15.9. The standard InChI is InChI=1S/C57H46N2/c1-41-22-36-56(51-20-9-12-42(2)38-51)57(37-23-41)58-52-30-24-46(25-31-52)50-19-11-21-55(40-50)59(53-32-26-45(27-33-53)43-13-5-3-6-14-43)54-34-28-47(29-35-54)49-18-10-17-48(39-49)44-15-7-4-8-16-44/h3-35,37-40,58H,36H2,1-2H3. The van der Waals surface area contributed by atoms with Gasteiger partial charge in [-0.1, -0.05) is 175 Å². The predicted molar refractivity (Wildman–Crippen MR) is 252 cm³/mol. The van der Waals surface area contributed by atoms with Crippen LogP contribution in [0.2, 0.25) is 0 Å². The number of rotatable bonds is 10. The number of allylic oxidation sites excluding steroid dienone is 5. The van der Waals surface area contributed by atoms with Gasteiger partial charge in [0.25, 0.3) is 0 Å². The van der Waals surface area contributed by atoms with E-state index in [9.17, 15) is 0 Å². The van der Waals surface area contributed by atoms with Crippen LogP contribution < -0.4 is 10.2 Å². The smallest absolute Gasteiger partial charge is 0.0467 e. The first-order chi connectivity index (χ1) is 29.0. The normalized spacial score (nSPS) is 12.5. The van der Waals surface area contributed by atoms with Crippen molar-refractivity contribution in [3.63, 3.8) is 0 Å². The Morgan fingerprint density at radius 3 is 1.46 bits per heavy atom. The van der Waals surface area contributed by atoms with Crippen LogP contribution in [0.4, 0.5) is 22.7 Å². The van der Waals surface area contributed by atoms with Gasteiger partial charge in [0, 0.05) is 28.4 Å². The van der Waals surface area contributed by atoms with Gasteiger partial charge in [-0.15, -0.1) is 0 Å². The van der Waals surface area contributed by atoms with Crippen molar-refractivity contribution in [1.29, 1.82) is 0 Å². The molecular weight excluding hydrogens is 713 g/mol. The zero-order valence-electron chi connectivity index (χ0n) is 33.5. The molecule has 0 bridgehead atoms. The van der Waals surface area contributed by atoms with E-state index in [2.05, 4.69) is 249 Å². The molecule has 0 heterocycles. The minimum atomic E-state index is 0.880. The highest BCUT2D eigenvalue weighted by atomic mass is 15.1. The van der Waals surface area contributed by atoms with Crippen LogP contribution in [-0.4, -0.2) is 0 Å². The van der Waals surface area contributed by atoms with Gasteiger partial charge in [-0.2, -0.15) is 0 Å². The van der Waals surface area contributed by atoms with Crippen molar-refractivity contribution in [1.82, 2.24) is 0 Å². The molecule has 0 amide bonds. The Hall–Kier alpha value is -7.42. The molecule has 0 radical (unpaired) electrons. The summed E-state index contributed by atoms with van der Waals surface area (Å²) in [5.74, 6) is 0. The second-order valence-electron chi connectivity index (χ2n) is 15.2. The fourth-order valence-corrected chi connectivity index (χ4v) is 7.90. The fourth-order valence-electron chi connectivity index (χ4n) is 7.90. The van der Waals surface area contributed by atoms with Crippen molar-refractivity contribution in [3.05, 3.63) is 247 Å². The molecule has 1 aliphatic carbocycles. The number of benzene rings is 8. The van der Waals surface area contributed by atoms with Crippen molar-refractivity contribution in [2.24, 2.45) is 0 Å². The van der Waals surface area contributed by atoms with E-state index in [1.807, 2.05) is 0 Å². The van der Waals surface area contributed by atoms with Gasteiger partial charge < -0.3 is 10.2 Å². The zero-order chi connectivity index (χ0) is 40.0. The fraction of sp³-hybridized carbons (Fsp3) is 0.0526. The molecule has 0 fully saturated rings. The molecule has 2 nitrogen and oxygen atoms in total.